The van der Waals surface area contributed by atoms with E-state index in [-0.39, 0.29) is 12.0 Å². The molecule has 1 amide bonds. The van der Waals surface area contributed by atoms with Crippen LogP contribution in [0.5, 0.6) is 0 Å². The number of hydrogen-bond donors (Lipinski definition) is 1. The summed E-state index contributed by atoms with van der Waals surface area (Å²) in [5.74, 6) is 0.522. The first-order valence-corrected chi connectivity index (χ1v) is 9.94. The molecule has 1 N–H and O–H groups in total. The Morgan fingerprint density at radius 3 is 2.90 bits per heavy atom. The van der Waals surface area contributed by atoms with E-state index in [1.54, 1.807) is 33.6 Å². The van der Waals surface area contributed by atoms with E-state index in [1.165, 1.54) is 6.33 Å². The lowest BCUT2D eigenvalue weighted by Crippen LogP contribution is -2.47. The standard InChI is InChI=1S/C20H21N9O2/c1-27-16(7-8-23-27)20(30)28-9-10-31-15(11-28)12-29-19-17(25-26-29)18(21-13-22-19)24-14-5-3-2-4-6-14/h2-8,13,15H,9-12H2,1H3,(H,21,22,24)/t15-/m0/s1. The Kier molecular flexibility index (Phi) is 5.00. The number of amides is 1. The Morgan fingerprint density at radius 2 is 2.10 bits per heavy atom. The van der Waals surface area contributed by atoms with E-state index in [0.29, 0.717) is 48.9 Å². The number of fused-ring (bicyclic) bond motifs is 1. The molecule has 31 heavy (non-hydrogen) atoms. The van der Waals surface area contributed by atoms with Crippen molar-refractivity contribution in [2.24, 2.45) is 7.05 Å². The van der Waals surface area contributed by atoms with Crippen LogP contribution in [0.2, 0.25) is 0 Å². The van der Waals surface area contributed by atoms with E-state index in [0.717, 1.165) is 5.69 Å². The summed E-state index contributed by atoms with van der Waals surface area (Å²) in [5.41, 5.74) is 2.63. The van der Waals surface area contributed by atoms with Gasteiger partial charge in [-0.2, -0.15) is 5.10 Å². The van der Waals surface area contributed by atoms with E-state index in [4.69, 9.17) is 4.74 Å². The molecule has 0 unspecified atom stereocenters. The third-order valence-corrected chi connectivity index (χ3v) is 5.18. The highest BCUT2D eigenvalue weighted by atomic mass is 16.5. The van der Waals surface area contributed by atoms with Crippen LogP contribution in [0.4, 0.5) is 11.5 Å². The molecule has 1 saturated heterocycles. The predicted octanol–water partition coefficient (Wildman–Crippen LogP) is 1.24. The number of aromatic nitrogens is 7. The number of para-hydroxylation sites is 1. The maximum atomic E-state index is 12.8. The van der Waals surface area contributed by atoms with Gasteiger partial charge in [0.15, 0.2) is 17.0 Å². The van der Waals surface area contributed by atoms with Crippen LogP contribution >= 0.6 is 0 Å². The zero-order valence-electron chi connectivity index (χ0n) is 16.9. The zero-order chi connectivity index (χ0) is 21.2. The molecule has 1 aromatic carbocycles. The Labute approximate surface area is 177 Å². The van der Waals surface area contributed by atoms with Crippen LogP contribution in [0.25, 0.3) is 11.2 Å². The summed E-state index contributed by atoms with van der Waals surface area (Å²) in [4.78, 5) is 23.2. The van der Waals surface area contributed by atoms with Gasteiger partial charge in [0.1, 0.15) is 12.0 Å². The SMILES string of the molecule is Cn1nccc1C(=O)N1CCO[C@H](Cn2nnc3c(Nc4ccccc4)ncnc32)C1. The van der Waals surface area contributed by atoms with Crippen molar-refractivity contribution < 1.29 is 9.53 Å². The summed E-state index contributed by atoms with van der Waals surface area (Å²) in [6.07, 6.45) is 2.87. The fourth-order valence-corrected chi connectivity index (χ4v) is 3.62. The van der Waals surface area contributed by atoms with Gasteiger partial charge in [-0.1, -0.05) is 23.4 Å². The largest absolute Gasteiger partial charge is 0.373 e. The average molecular weight is 419 g/mol. The molecule has 0 saturated carbocycles. The molecule has 4 aromatic rings. The molecule has 11 nitrogen and oxygen atoms in total. The number of benzene rings is 1. The van der Waals surface area contributed by atoms with Gasteiger partial charge < -0.3 is 15.0 Å². The fourth-order valence-electron chi connectivity index (χ4n) is 3.62. The summed E-state index contributed by atoms with van der Waals surface area (Å²) < 4.78 is 9.16. The molecule has 1 atom stereocenters. The lowest BCUT2D eigenvalue weighted by Gasteiger charge is -2.32. The van der Waals surface area contributed by atoms with Gasteiger partial charge in [-0.3, -0.25) is 9.48 Å². The van der Waals surface area contributed by atoms with Crippen LogP contribution < -0.4 is 5.32 Å². The topological polar surface area (TPSA) is 116 Å². The third kappa shape index (κ3) is 3.82. The number of ether oxygens (including phenoxy) is 1. The molecule has 0 bridgehead atoms. The number of carbonyl (C=O) groups excluding carboxylic acids is 1. The van der Waals surface area contributed by atoms with E-state index in [9.17, 15) is 4.79 Å². The third-order valence-electron chi connectivity index (χ3n) is 5.18. The highest BCUT2D eigenvalue weighted by Crippen LogP contribution is 2.21. The van der Waals surface area contributed by atoms with Gasteiger partial charge in [0, 0.05) is 32.0 Å². The van der Waals surface area contributed by atoms with Crippen molar-refractivity contribution in [2.75, 3.05) is 25.0 Å². The first-order chi connectivity index (χ1) is 15.2. The molecule has 0 radical (unpaired) electrons. The first-order valence-electron chi connectivity index (χ1n) is 9.94. The first kappa shape index (κ1) is 19.1. The van der Waals surface area contributed by atoms with Gasteiger partial charge in [0.05, 0.1) is 19.3 Å². The minimum Gasteiger partial charge on any atom is -0.373 e. The van der Waals surface area contributed by atoms with Gasteiger partial charge in [-0.25, -0.2) is 14.6 Å². The summed E-state index contributed by atoms with van der Waals surface area (Å²) in [6, 6.07) is 11.4. The molecular weight excluding hydrogens is 398 g/mol. The second-order valence-corrected chi connectivity index (χ2v) is 7.24. The number of hydrogen-bond acceptors (Lipinski definition) is 8. The summed E-state index contributed by atoms with van der Waals surface area (Å²) >= 11 is 0. The quantitative estimate of drug-likeness (QED) is 0.514. The highest BCUT2D eigenvalue weighted by molar-refractivity contribution is 5.92. The Bertz CT molecular complexity index is 1200. The number of rotatable bonds is 5. The highest BCUT2D eigenvalue weighted by Gasteiger charge is 2.27. The van der Waals surface area contributed by atoms with Crippen LogP contribution in [0.1, 0.15) is 10.5 Å². The molecule has 1 aliphatic heterocycles. The minimum absolute atomic E-state index is 0.0616. The van der Waals surface area contributed by atoms with Gasteiger partial charge in [-0.15, -0.1) is 5.10 Å². The lowest BCUT2D eigenvalue weighted by molar-refractivity contribution is -0.0300. The van der Waals surface area contributed by atoms with E-state index in [1.807, 2.05) is 30.3 Å². The maximum absolute atomic E-state index is 12.8. The van der Waals surface area contributed by atoms with Crippen molar-refractivity contribution in [1.29, 1.82) is 0 Å². The summed E-state index contributed by atoms with van der Waals surface area (Å²) in [6.45, 7) is 1.86. The van der Waals surface area contributed by atoms with Crippen LogP contribution in [0.3, 0.4) is 0 Å². The predicted molar refractivity (Wildman–Crippen MR) is 112 cm³/mol. The zero-order valence-corrected chi connectivity index (χ0v) is 16.9. The fraction of sp³-hybridized carbons (Fsp3) is 0.300. The van der Waals surface area contributed by atoms with Crippen LogP contribution in [0.15, 0.2) is 48.9 Å². The Morgan fingerprint density at radius 1 is 1.23 bits per heavy atom. The maximum Gasteiger partial charge on any atom is 0.272 e. The Balaban J connectivity index is 1.33. The molecule has 0 spiro atoms. The number of carbonyl (C=O) groups is 1. The van der Waals surface area contributed by atoms with Crippen molar-refractivity contribution in [3.05, 3.63) is 54.6 Å². The molecule has 1 aliphatic rings. The second-order valence-electron chi connectivity index (χ2n) is 7.24. The Hall–Kier alpha value is -3.86. The molecule has 11 heteroatoms. The minimum atomic E-state index is -0.226. The van der Waals surface area contributed by atoms with Crippen LogP contribution in [-0.2, 0) is 18.3 Å². The normalized spacial score (nSPS) is 16.5. The van der Waals surface area contributed by atoms with E-state index < -0.39 is 0 Å². The van der Waals surface area contributed by atoms with Gasteiger partial charge in [0.2, 0.25) is 0 Å². The van der Waals surface area contributed by atoms with Gasteiger partial charge >= 0.3 is 0 Å². The number of morpholine rings is 1. The van der Waals surface area contributed by atoms with Crippen molar-refractivity contribution in [3.63, 3.8) is 0 Å². The molecule has 1 fully saturated rings. The summed E-state index contributed by atoms with van der Waals surface area (Å²) in [5, 5.41) is 15.8. The van der Waals surface area contributed by atoms with Gasteiger partial charge in [-0.05, 0) is 18.2 Å². The van der Waals surface area contributed by atoms with Crippen LogP contribution in [-0.4, -0.2) is 71.3 Å². The molecule has 0 aliphatic carbocycles. The van der Waals surface area contributed by atoms with Crippen LogP contribution in [0, 0.1) is 0 Å². The van der Waals surface area contributed by atoms with Crippen molar-refractivity contribution in [3.8, 4) is 0 Å². The summed E-state index contributed by atoms with van der Waals surface area (Å²) in [7, 11) is 1.76. The number of nitrogens with one attached hydrogen (secondary N) is 1. The number of anilines is 2. The monoisotopic (exact) mass is 419 g/mol. The van der Waals surface area contributed by atoms with Gasteiger partial charge in [0.25, 0.3) is 5.91 Å². The molecule has 5 rings (SSSR count). The van der Waals surface area contributed by atoms with Crippen molar-refractivity contribution in [1.82, 2.24) is 39.6 Å². The number of aryl methyl sites for hydroxylation is 1. The van der Waals surface area contributed by atoms with Crippen molar-refractivity contribution >= 4 is 28.6 Å². The molecular formula is C20H21N9O2. The molecule has 3 aromatic heterocycles. The van der Waals surface area contributed by atoms with E-state index in [2.05, 4.69) is 30.7 Å². The second kappa shape index (κ2) is 8.11. The van der Waals surface area contributed by atoms with E-state index >= 15 is 0 Å². The molecule has 4 heterocycles. The lowest BCUT2D eigenvalue weighted by atomic mass is 10.2. The number of nitrogens with zero attached hydrogens (tertiary/aromatic N) is 8. The molecule has 158 valence electrons. The van der Waals surface area contributed by atoms with Crippen molar-refractivity contribution in [2.45, 2.75) is 12.6 Å². The average Bonchev–Trinajstić information content (AvgIpc) is 3.41. The smallest absolute Gasteiger partial charge is 0.272 e.